The van der Waals surface area contributed by atoms with Gasteiger partial charge in [0.25, 0.3) is 0 Å². The average molecular weight is 213 g/mol. The Morgan fingerprint density at radius 2 is 1.69 bits per heavy atom. The number of pyridine rings is 1. The molecule has 3 heteroatoms. The van der Waals surface area contributed by atoms with Gasteiger partial charge in [-0.05, 0) is 17.7 Å². The van der Waals surface area contributed by atoms with E-state index in [1.54, 1.807) is 0 Å². The molecule has 1 aromatic heterocycles. The molecule has 0 spiro atoms. The highest BCUT2D eigenvalue weighted by Crippen LogP contribution is 2.09. The van der Waals surface area contributed by atoms with Gasteiger partial charge in [0.2, 0.25) is 0 Å². The molecule has 0 aliphatic carbocycles. The van der Waals surface area contributed by atoms with Crippen LogP contribution in [-0.4, -0.2) is 12.0 Å². The van der Waals surface area contributed by atoms with E-state index in [2.05, 4.69) is 27.8 Å². The Labute approximate surface area is 95.5 Å². The topological polar surface area (TPSA) is 37.0 Å². The van der Waals surface area contributed by atoms with E-state index in [-0.39, 0.29) is 0 Å². The maximum Gasteiger partial charge on any atom is 0.128 e. The van der Waals surface area contributed by atoms with Crippen molar-refractivity contribution in [1.82, 2.24) is 4.98 Å². The molecule has 2 aromatic rings. The second-order valence-electron chi connectivity index (χ2n) is 3.50. The van der Waals surface area contributed by atoms with Crippen LogP contribution in [0.1, 0.15) is 5.56 Å². The van der Waals surface area contributed by atoms with Gasteiger partial charge in [-0.15, -0.1) is 0 Å². The van der Waals surface area contributed by atoms with Crippen LogP contribution in [0.2, 0.25) is 0 Å². The molecule has 0 radical (unpaired) electrons. The molecule has 0 fully saturated rings. The van der Waals surface area contributed by atoms with Crippen LogP contribution in [0.25, 0.3) is 0 Å². The first-order chi connectivity index (χ1) is 7.88. The van der Waals surface area contributed by atoms with Gasteiger partial charge < -0.3 is 10.6 Å². The van der Waals surface area contributed by atoms with Crippen LogP contribution in [-0.2, 0) is 6.54 Å². The number of hydrogen-bond acceptors (Lipinski definition) is 3. The summed E-state index contributed by atoms with van der Waals surface area (Å²) in [7, 11) is 1.86. The van der Waals surface area contributed by atoms with E-state index < -0.39 is 0 Å². The summed E-state index contributed by atoms with van der Waals surface area (Å²) in [6.45, 7) is 0.793. The fourth-order valence-electron chi connectivity index (χ4n) is 1.46. The van der Waals surface area contributed by atoms with E-state index in [0.29, 0.717) is 0 Å². The van der Waals surface area contributed by atoms with Crippen LogP contribution in [0, 0.1) is 0 Å². The van der Waals surface area contributed by atoms with Crippen molar-refractivity contribution in [2.24, 2.45) is 0 Å². The number of hydrogen-bond donors (Lipinski definition) is 2. The summed E-state index contributed by atoms with van der Waals surface area (Å²) in [5.41, 5.74) is 1.25. The molecule has 2 rings (SSSR count). The van der Waals surface area contributed by atoms with Gasteiger partial charge in [-0.2, -0.15) is 0 Å². The lowest BCUT2D eigenvalue weighted by atomic mass is 10.2. The van der Waals surface area contributed by atoms with Crippen LogP contribution in [0.3, 0.4) is 0 Å². The van der Waals surface area contributed by atoms with E-state index in [9.17, 15) is 0 Å². The molecule has 0 saturated carbocycles. The minimum Gasteiger partial charge on any atom is -0.373 e. The zero-order valence-corrected chi connectivity index (χ0v) is 9.27. The van der Waals surface area contributed by atoms with Gasteiger partial charge in [0.15, 0.2) is 0 Å². The number of aromatic nitrogens is 1. The summed E-state index contributed by atoms with van der Waals surface area (Å²) in [6.07, 6.45) is 0. The van der Waals surface area contributed by atoms with Crippen molar-refractivity contribution in [3.8, 4) is 0 Å². The number of benzene rings is 1. The highest BCUT2D eigenvalue weighted by molar-refractivity contribution is 5.44. The Morgan fingerprint density at radius 3 is 2.44 bits per heavy atom. The standard InChI is InChI=1S/C13H15N3/c1-14-12-8-5-9-13(16-12)15-10-11-6-3-2-4-7-11/h2-9H,10H2,1H3,(H2,14,15,16). The summed E-state index contributed by atoms with van der Waals surface area (Å²) < 4.78 is 0. The quantitative estimate of drug-likeness (QED) is 0.820. The fourth-order valence-corrected chi connectivity index (χ4v) is 1.46. The number of nitrogens with zero attached hydrogens (tertiary/aromatic N) is 1. The molecule has 0 atom stereocenters. The van der Waals surface area contributed by atoms with Gasteiger partial charge in [0.05, 0.1) is 0 Å². The van der Waals surface area contributed by atoms with E-state index in [1.807, 2.05) is 43.4 Å². The van der Waals surface area contributed by atoms with Crippen LogP contribution in [0.4, 0.5) is 11.6 Å². The molecular weight excluding hydrogens is 198 g/mol. The minimum absolute atomic E-state index is 0.793. The molecule has 0 aliphatic heterocycles. The van der Waals surface area contributed by atoms with Crippen molar-refractivity contribution < 1.29 is 0 Å². The molecule has 1 aromatic carbocycles. The fraction of sp³-hybridized carbons (Fsp3) is 0.154. The lowest BCUT2D eigenvalue weighted by molar-refractivity contribution is 1.11. The maximum atomic E-state index is 4.38. The Kier molecular flexibility index (Phi) is 3.38. The van der Waals surface area contributed by atoms with E-state index >= 15 is 0 Å². The lowest BCUT2D eigenvalue weighted by Crippen LogP contribution is -2.02. The van der Waals surface area contributed by atoms with Gasteiger partial charge in [-0.25, -0.2) is 4.98 Å². The zero-order chi connectivity index (χ0) is 11.2. The molecule has 0 saturated heterocycles. The van der Waals surface area contributed by atoms with Gasteiger partial charge in [-0.3, -0.25) is 0 Å². The van der Waals surface area contributed by atoms with Crippen molar-refractivity contribution in [2.45, 2.75) is 6.54 Å². The number of anilines is 2. The summed E-state index contributed by atoms with van der Waals surface area (Å²) in [5, 5.41) is 6.30. The molecule has 16 heavy (non-hydrogen) atoms. The third-order valence-electron chi connectivity index (χ3n) is 2.32. The zero-order valence-electron chi connectivity index (χ0n) is 9.27. The highest BCUT2D eigenvalue weighted by Gasteiger charge is 1.95. The van der Waals surface area contributed by atoms with Crippen LogP contribution >= 0.6 is 0 Å². The lowest BCUT2D eigenvalue weighted by Gasteiger charge is -2.07. The maximum absolute atomic E-state index is 4.38. The Hall–Kier alpha value is -2.03. The number of nitrogens with one attached hydrogen (secondary N) is 2. The SMILES string of the molecule is CNc1cccc(NCc2ccccc2)n1. The van der Waals surface area contributed by atoms with Crippen molar-refractivity contribution in [1.29, 1.82) is 0 Å². The van der Waals surface area contributed by atoms with Gasteiger partial charge >= 0.3 is 0 Å². The molecule has 82 valence electrons. The van der Waals surface area contributed by atoms with Crippen molar-refractivity contribution >= 4 is 11.6 Å². The molecule has 3 nitrogen and oxygen atoms in total. The first kappa shape index (κ1) is 10.5. The third kappa shape index (κ3) is 2.73. The second-order valence-corrected chi connectivity index (χ2v) is 3.50. The normalized spacial score (nSPS) is 9.81. The molecule has 0 aliphatic rings. The summed E-state index contributed by atoms with van der Waals surface area (Å²) in [6, 6.07) is 16.2. The van der Waals surface area contributed by atoms with Crippen LogP contribution < -0.4 is 10.6 Å². The van der Waals surface area contributed by atoms with Gasteiger partial charge in [0.1, 0.15) is 11.6 Å². The summed E-state index contributed by atoms with van der Waals surface area (Å²) in [5.74, 6) is 1.76. The highest BCUT2D eigenvalue weighted by atomic mass is 15.0. The van der Waals surface area contributed by atoms with Crippen LogP contribution in [0.5, 0.6) is 0 Å². The Balaban J connectivity index is 1.99. The second kappa shape index (κ2) is 5.16. The van der Waals surface area contributed by atoms with Crippen molar-refractivity contribution in [2.75, 3.05) is 17.7 Å². The van der Waals surface area contributed by atoms with E-state index in [1.165, 1.54) is 5.56 Å². The molecule has 0 unspecified atom stereocenters. The molecular formula is C13H15N3. The Bertz CT molecular complexity index is 440. The minimum atomic E-state index is 0.793. The molecule has 0 bridgehead atoms. The molecule has 0 amide bonds. The Morgan fingerprint density at radius 1 is 0.938 bits per heavy atom. The monoisotopic (exact) mass is 213 g/mol. The smallest absolute Gasteiger partial charge is 0.128 e. The predicted molar refractivity (Wildman–Crippen MR) is 67.6 cm³/mol. The number of rotatable bonds is 4. The first-order valence-electron chi connectivity index (χ1n) is 5.31. The van der Waals surface area contributed by atoms with E-state index in [0.717, 1.165) is 18.2 Å². The van der Waals surface area contributed by atoms with Crippen molar-refractivity contribution in [3.63, 3.8) is 0 Å². The summed E-state index contributed by atoms with van der Waals surface area (Å²) >= 11 is 0. The van der Waals surface area contributed by atoms with Crippen LogP contribution in [0.15, 0.2) is 48.5 Å². The summed E-state index contributed by atoms with van der Waals surface area (Å²) in [4.78, 5) is 4.38. The van der Waals surface area contributed by atoms with E-state index in [4.69, 9.17) is 0 Å². The molecule has 1 heterocycles. The first-order valence-corrected chi connectivity index (χ1v) is 5.31. The predicted octanol–water partition coefficient (Wildman–Crippen LogP) is 2.74. The average Bonchev–Trinajstić information content (AvgIpc) is 2.38. The van der Waals surface area contributed by atoms with Gasteiger partial charge in [-0.1, -0.05) is 36.4 Å². The third-order valence-corrected chi connectivity index (χ3v) is 2.32. The van der Waals surface area contributed by atoms with Gasteiger partial charge in [0, 0.05) is 13.6 Å². The molecule has 2 N–H and O–H groups in total. The van der Waals surface area contributed by atoms with Crippen molar-refractivity contribution in [3.05, 3.63) is 54.1 Å². The largest absolute Gasteiger partial charge is 0.373 e.